The molecule has 0 saturated heterocycles. The quantitative estimate of drug-likeness (QED) is 0.0685. The van der Waals surface area contributed by atoms with Gasteiger partial charge in [0.25, 0.3) is 0 Å². The van der Waals surface area contributed by atoms with Crippen LogP contribution in [-0.4, -0.2) is 37.5 Å². The maximum absolute atomic E-state index is 14.5. The van der Waals surface area contributed by atoms with Gasteiger partial charge >= 0.3 is 23.9 Å². The SMILES string of the molecule is C=CC(=O)OCOc1ccc(C(=O)Oc2ccc3c(c2)C(C)(C)c2cc(OC(=O)c4ccc(OCOC(=O)C=C)c(F)c4)ccc2-3)cc1F. The predicted octanol–water partition coefficient (Wildman–Crippen LogP) is 6.84. The molecule has 0 saturated carbocycles. The Hall–Kier alpha value is -6.30. The van der Waals surface area contributed by atoms with Crippen molar-refractivity contribution >= 4 is 23.9 Å². The number of rotatable bonds is 12. The molecular formula is C37H28F2O10. The first-order valence-electron chi connectivity index (χ1n) is 14.6. The number of carbonyl (C=O) groups excluding carboxylic acids is 4. The molecule has 0 aliphatic heterocycles. The molecule has 0 aromatic heterocycles. The summed E-state index contributed by atoms with van der Waals surface area (Å²) in [7, 11) is 0. The van der Waals surface area contributed by atoms with Gasteiger partial charge in [-0.2, -0.15) is 0 Å². The van der Waals surface area contributed by atoms with Crippen LogP contribution in [-0.2, 0) is 24.5 Å². The van der Waals surface area contributed by atoms with E-state index < -0.39 is 54.5 Å². The molecule has 12 heteroatoms. The Balaban J connectivity index is 1.26. The van der Waals surface area contributed by atoms with E-state index in [9.17, 15) is 28.0 Å². The van der Waals surface area contributed by atoms with E-state index in [0.29, 0.717) is 0 Å². The highest BCUT2D eigenvalue weighted by Crippen LogP contribution is 2.50. The zero-order chi connectivity index (χ0) is 35.3. The number of benzene rings is 4. The molecular weight excluding hydrogens is 642 g/mol. The van der Waals surface area contributed by atoms with E-state index in [1.54, 1.807) is 36.4 Å². The summed E-state index contributed by atoms with van der Waals surface area (Å²) in [5, 5.41) is 0. The number of ether oxygens (including phenoxy) is 6. The second-order valence-corrected chi connectivity index (χ2v) is 11.0. The summed E-state index contributed by atoms with van der Waals surface area (Å²) < 4.78 is 59.7. The molecule has 1 aliphatic rings. The fourth-order valence-corrected chi connectivity index (χ4v) is 5.06. The van der Waals surface area contributed by atoms with Crippen LogP contribution in [0.1, 0.15) is 45.7 Å². The third-order valence-corrected chi connectivity index (χ3v) is 7.54. The van der Waals surface area contributed by atoms with E-state index in [2.05, 4.69) is 22.6 Å². The Labute approximate surface area is 279 Å². The van der Waals surface area contributed by atoms with Crippen molar-refractivity contribution in [2.24, 2.45) is 0 Å². The first kappa shape index (κ1) is 34.0. The Morgan fingerprint density at radius 3 is 1.41 bits per heavy atom. The predicted molar refractivity (Wildman–Crippen MR) is 170 cm³/mol. The lowest BCUT2D eigenvalue weighted by molar-refractivity contribution is -0.145. The summed E-state index contributed by atoms with van der Waals surface area (Å²) in [6.45, 7) is 9.33. The van der Waals surface area contributed by atoms with Crippen LogP contribution in [0.5, 0.6) is 23.0 Å². The van der Waals surface area contributed by atoms with Crippen LogP contribution in [0.25, 0.3) is 11.1 Å². The Morgan fingerprint density at radius 1 is 0.633 bits per heavy atom. The van der Waals surface area contributed by atoms with Gasteiger partial charge in [-0.3, -0.25) is 0 Å². The summed E-state index contributed by atoms with van der Waals surface area (Å²) in [6, 6.07) is 17.2. The highest BCUT2D eigenvalue weighted by molar-refractivity contribution is 5.93. The van der Waals surface area contributed by atoms with Gasteiger partial charge < -0.3 is 28.4 Å². The van der Waals surface area contributed by atoms with Gasteiger partial charge in [0.05, 0.1) is 11.1 Å². The summed E-state index contributed by atoms with van der Waals surface area (Å²) >= 11 is 0. The van der Waals surface area contributed by atoms with Gasteiger partial charge in [-0.15, -0.1) is 0 Å². The molecule has 49 heavy (non-hydrogen) atoms. The zero-order valence-corrected chi connectivity index (χ0v) is 26.2. The first-order valence-corrected chi connectivity index (χ1v) is 14.6. The molecule has 5 rings (SSSR count). The molecule has 1 aliphatic carbocycles. The van der Waals surface area contributed by atoms with Crippen molar-refractivity contribution in [1.29, 1.82) is 0 Å². The van der Waals surface area contributed by atoms with Crippen LogP contribution in [0, 0.1) is 11.6 Å². The minimum absolute atomic E-state index is 0.0708. The lowest BCUT2D eigenvalue weighted by Gasteiger charge is -2.22. The van der Waals surface area contributed by atoms with Crippen LogP contribution in [0.4, 0.5) is 8.78 Å². The van der Waals surface area contributed by atoms with Gasteiger partial charge in [0.2, 0.25) is 13.6 Å². The maximum atomic E-state index is 14.5. The zero-order valence-electron chi connectivity index (χ0n) is 26.2. The van der Waals surface area contributed by atoms with Crippen LogP contribution < -0.4 is 18.9 Å². The van der Waals surface area contributed by atoms with Crippen LogP contribution >= 0.6 is 0 Å². The third kappa shape index (κ3) is 7.49. The smallest absolute Gasteiger partial charge is 0.343 e. The lowest BCUT2D eigenvalue weighted by Crippen LogP contribution is -2.16. The monoisotopic (exact) mass is 670 g/mol. The summed E-state index contributed by atoms with van der Waals surface area (Å²) in [4.78, 5) is 48.0. The lowest BCUT2D eigenvalue weighted by atomic mass is 9.82. The molecule has 10 nitrogen and oxygen atoms in total. The molecule has 0 spiro atoms. The molecule has 0 atom stereocenters. The molecule has 0 heterocycles. The summed E-state index contributed by atoms with van der Waals surface area (Å²) in [5.41, 5.74) is 2.65. The van der Waals surface area contributed by atoms with Crippen molar-refractivity contribution in [1.82, 2.24) is 0 Å². The number of hydrogen-bond donors (Lipinski definition) is 0. The minimum atomic E-state index is -0.856. The number of hydrogen-bond acceptors (Lipinski definition) is 10. The van der Waals surface area contributed by atoms with Crippen LogP contribution in [0.15, 0.2) is 98.1 Å². The first-order chi connectivity index (χ1) is 23.4. The number of fused-ring (bicyclic) bond motifs is 3. The van der Waals surface area contributed by atoms with Gasteiger partial charge in [0.1, 0.15) is 11.5 Å². The standard InChI is InChI=1S/C37H28F2O10/c1-5-33(40)46-19-44-31-13-7-21(15-29(31)38)35(42)48-23-9-11-25-26-12-10-24(18-28(26)37(3,4)27(25)17-23)49-36(43)22-8-14-32(30(39)16-22)45-20-47-34(41)6-2/h5-18H,1-2,19-20H2,3-4H3. The molecule has 0 fully saturated rings. The van der Waals surface area contributed by atoms with Gasteiger partial charge in [0, 0.05) is 17.6 Å². The molecule has 0 radical (unpaired) electrons. The van der Waals surface area contributed by atoms with E-state index in [0.717, 1.165) is 46.5 Å². The van der Waals surface area contributed by atoms with Crippen LogP contribution in [0.3, 0.4) is 0 Å². The van der Waals surface area contributed by atoms with Gasteiger partial charge in [-0.25, -0.2) is 28.0 Å². The number of halogens is 2. The second kappa shape index (κ2) is 14.2. The molecule has 4 aromatic carbocycles. The molecule has 0 bridgehead atoms. The van der Waals surface area contributed by atoms with E-state index in [1.165, 1.54) is 24.3 Å². The second-order valence-electron chi connectivity index (χ2n) is 11.0. The van der Waals surface area contributed by atoms with E-state index in [4.69, 9.17) is 18.9 Å². The molecule has 0 N–H and O–H groups in total. The Morgan fingerprint density at radius 2 is 1.04 bits per heavy atom. The van der Waals surface area contributed by atoms with Crippen molar-refractivity contribution in [3.05, 3.63) is 132 Å². The average molecular weight is 671 g/mol. The largest absolute Gasteiger partial charge is 0.454 e. The van der Waals surface area contributed by atoms with Gasteiger partial charge in [-0.05, 0) is 82.9 Å². The Bertz CT molecular complexity index is 1860. The van der Waals surface area contributed by atoms with Gasteiger partial charge in [-0.1, -0.05) is 39.1 Å². The minimum Gasteiger partial charge on any atom is -0.454 e. The fourth-order valence-electron chi connectivity index (χ4n) is 5.06. The van der Waals surface area contributed by atoms with Crippen molar-refractivity contribution < 1.29 is 56.4 Å². The third-order valence-electron chi connectivity index (χ3n) is 7.54. The van der Waals surface area contributed by atoms with Crippen molar-refractivity contribution in [2.45, 2.75) is 19.3 Å². The molecule has 0 unspecified atom stereocenters. The highest BCUT2D eigenvalue weighted by Gasteiger charge is 2.36. The fraction of sp³-hybridized carbons (Fsp3) is 0.135. The molecule has 0 amide bonds. The van der Waals surface area contributed by atoms with Crippen molar-refractivity contribution in [3.8, 4) is 34.1 Å². The normalized spacial score (nSPS) is 12.1. The highest BCUT2D eigenvalue weighted by atomic mass is 19.1. The summed E-state index contributed by atoms with van der Waals surface area (Å²) in [5.74, 6) is -4.80. The van der Waals surface area contributed by atoms with Crippen molar-refractivity contribution in [2.75, 3.05) is 13.6 Å². The Kier molecular flexibility index (Phi) is 9.88. The van der Waals surface area contributed by atoms with E-state index in [1.807, 2.05) is 13.8 Å². The van der Waals surface area contributed by atoms with Gasteiger partial charge in [0.15, 0.2) is 23.1 Å². The summed E-state index contributed by atoms with van der Waals surface area (Å²) in [6.07, 6.45) is 1.87. The molecule has 4 aromatic rings. The van der Waals surface area contributed by atoms with Crippen LogP contribution in [0.2, 0.25) is 0 Å². The number of carbonyl (C=O) groups is 4. The average Bonchev–Trinajstić information content (AvgIpc) is 3.30. The number of esters is 4. The van der Waals surface area contributed by atoms with Crippen molar-refractivity contribution in [3.63, 3.8) is 0 Å². The maximum Gasteiger partial charge on any atom is 0.343 e. The van der Waals surface area contributed by atoms with E-state index >= 15 is 0 Å². The topological polar surface area (TPSA) is 124 Å². The van der Waals surface area contributed by atoms with E-state index in [-0.39, 0.29) is 34.1 Å². The molecule has 250 valence electrons.